The second kappa shape index (κ2) is 8.31. The van der Waals surface area contributed by atoms with E-state index >= 15 is 0 Å². The van der Waals surface area contributed by atoms with Gasteiger partial charge in [0, 0.05) is 10.7 Å². The fraction of sp³-hybridized carbons (Fsp3) is 0.250. The summed E-state index contributed by atoms with van der Waals surface area (Å²) >= 11 is 6.00. The maximum Gasteiger partial charge on any atom is 0.338 e. The predicted octanol–water partition coefficient (Wildman–Crippen LogP) is 3.27. The van der Waals surface area contributed by atoms with E-state index in [1.807, 2.05) is 0 Å². The highest BCUT2D eigenvalue weighted by atomic mass is 35.5. The fourth-order valence-electron chi connectivity index (χ4n) is 2.66. The molecule has 3 rings (SSSR count). The molecule has 0 fully saturated rings. The number of benzene rings is 2. The van der Waals surface area contributed by atoms with Gasteiger partial charge in [0.05, 0.1) is 17.4 Å². The van der Waals surface area contributed by atoms with E-state index < -0.39 is 11.9 Å². The van der Waals surface area contributed by atoms with Crippen molar-refractivity contribution in [1.29, 1.82) is 0 Å². The number of amides is 2. The van der Waals surface area contributed by atoms with Crippen molar-refractivity contribution in [1.82, 2.24) is 0 Å². The van der Waals surface area contributed by atoms with Crippen molar-refractivity contribution in [2.24, 2.45) is 0 Å². The van der Waals surface area contributed by atoms with Gasteiger partial charge in [0.25, 0.3) is 5.91 Å². The largest absolute Gasteiger partial charge is 0.482 e. The normalized spacial score (nSPS) is 13.0. The van der Waals surface area contributed by atoms with E-state index in [2.05, 4.69) is 5.32 Å². The van der Waals surface area contributed by atoms with E-state index in [1.54, 1.807) is 56.3 Å². The Hall–Kier alpha value is -3.06. The third kappa shape index (κ3) is 4.61. The van der Waals surface area contributed by atoms with Crippen LogP contribution in [-0.2, 0) is 14.3 Å². The van der Waals surface area contributed by atoms with Crippen LogP contribution in [0.1, 0.15) is 24.2 Å². The molecule has 7 nitrogen and oxygen atoms in total. The van der Waals surface area contributed by atoms with Crippen LogP contribution in [-0.4, -0.2) is 37.0 Å². The molecular weight excluding hydrogens is 384 g/mol. The van der Waals surface area contributed by atoms with Gasteiger partial charge >= 0.3 is 5.97 Å². The summed E-state index contributed by atoms with van der Waals surface area (Å²) in [7, 11) is 0. The lowest BCUT2D eigenvalue weighted by Gasteiger charge is -2.29. The number of fused-ring (bicyclic) bond motifs is 1. The van der Waals surface area contributed by atoms with Crippen LogP contribution in [0.3, 0.4) is 0 Å². The first-order chi connectivity index (χ1) is 13.3. The van der Waals surface area contributed by atoms with Crippen molar-refractivity contribution in [3.8, 4) is 5.75 Å². The SMILES string of the molecule is CC(C)OC(=O)c1ccc(NC(=O)CN2C(=O)COc3ccc(Cl)cc32)cc1. The van der Waals surface area contributed by atoms with E-state index in [0.29, 0.717) is 27.7 Å². The molecule has 2 aromatic carbocycles. The lowest BCUT2D eigenvalue weighted by molar-refractivity contribution is -0.123. The van der Waals surface area contributed by atoms with Crippen molar-refractivity contribution in [3.63, 3.8) is 0 Å². The maximum atomic E-state index is 12.4. The molecule has 0 bridgehead atoms. The lowest BCUT2D eigenvalue weighted by Crippen LogP contribution is -2.43. The number of nitrogens with zero attached hydrogens (tertiary/aromatic N) is 1. The van der Waals surface area contributed by atoms with Gasteiger partial charge in [-0.3, -0.25) is 14.5 Å². The second-order valence-corrected chi connectivity index (χ2v) is 6.90. The summed E-state index contributed by atoms with van der Waals surface area (Å²) in [5, 5.41) is 3.14. The van der Waals surface area contributed by atoms with Gasteiger partial charge < -0.3 is 14.8 Å². The van der Waals surface area contributed by atoms with Crippen LogP contribution in [0.2, 0.25) is 5.02 Å². The first kappa shape index (κ1) is 19.7. The van der Waals surface area contributed by atoms with Gasteiger partial charge in [-0.15, -0.1) is 0 Å². The van der Waals surface area contributed by atoms with Gasteiger partial charge in [-0.1, -0.05) is 11.6 Å². The van der Waals surface area contributed by atoms with Gasteiger partial charge in [0.15, 0.2) is 6.61 Å². The number of halogens is 1. The molecule has 8 heteroatoms. The minimum absolute atomic E-state index is 0.144. The zero-order valence-electron chi connectivity index (χ0n) is 15.4. The van der Waals surface area contributed by atoms with Crippen molar-refractivity contribution >= 4 is 40.8 Å². The summed E-state index contributed by atoms with van der Waals surface area (Å²) in [6.07, 6.45) is -0.214. The van der Waals surface area contributed by atoms with Crippen LogP contribution in [0.15, 0.2) is 42.5 Å². The lowest BCUT2D eigenvalue weighted by atomic mass is 10.2. The number of hydrogen-bond acceptors (Lipinski definition) is 5. The second-order valence-electron chi connectivity index (χ2n) is 6.46. The van der Waals surface area contributed by atoms with Crippen LogP contribution in [0, 0.1) is 0 Å². The quantitative estimate of drug-likeness (QED) is 0.776. The summed E-state index contributed by atoms with van der Waals surface area (Å²) in [4.78, 5) is 37.8. The highest BCUT2D eigenvalue weighted by Crippen LogP contribution is 2.34. The number of nitrogens with one attached hydrogen (secondary N) is 1. The third-order valence-electron chi connectivity index (χ3n) is 3.91. The van der Waals surface area contributed by atoms with E-state index in [1.165, 1.54) is 4.90 Å². The molecular formula is C20H19ClN2O5. The molecule has 0 saturated carbocycles. The number of carbonyl (C=O) groups is 3. The summed E-state index contributed by atoms with van der Waals surface area (Å²) in [6.45, 7) is 3.21. The molecule has 1 aliphatic rings. The average molecular weight is 403 g/mol. The number of ether oxygens (including phenoxy) is 2. The van der Waals surface area contributed by atoms with Gasteiger partial charge in [-0.25, -0.2) is 4.79 Å². The van der Waals surface area contributed by atoms with Gasteiger partial charge in [0.1, 0.15) is 12.3 Å². The number of rotatable bonds is 5. The van der Waals surface area contributed by atoms with Crippen LogP contribution >= 0.6 is 11.6 Å². The van der Waals surface area contributed by atoms with Crippen LogP contribution in [0.25, 0.3) is 0 Å². The molecule has 2 amide bonds. The Bertz CT molecular complexity index is 911. The molecule has 0 radical (unpaired) electrons. The Morgan fingerprint density at radius 1 is 1.21 bits per heavy atom. The van der Waals surface area contributed by atoms with Crippen LogP contribution < -0.4 is 15.0 Å². The van der Waals surface area contributed by atoms with E-state index in [4.69, 9.17) is 21.1 Å². The summed E-state index contributed by atoms with van der Waals surface area (Å²) in [5.41, 5.74) is 1.34. The standard InChI is InChI=1S/C20H19ClN2O5/c1-12(2)28-20(26)13-3-6-15(7-4-13)22-18(24)10-23-16-9-14(21)5-8-17(16)27-11-19(23)25/h3-9,12H,10-11H2,1-2H3,(H,22,24). The van der Waals surface area contributed by atoms with Gasteiger partial charge in [-0.2, -0.15) is 0 Å². The predicted molar refractivity (Wildman–Crippen MR) is 105 cm³/mol. The number of hydrogen-bond donors (Lipinski definition) is 1. The zero-order valence-corrected chi connectivity index (χ0v) is 16.2. The minimum atomic E-state index is -0.430. The number of carbonyl (C=O) groups excluding carboxylic acids is 3. The van der Waals surface area contributed by atoms with Crippen molar-refractivity contribution in [2.45, 2.75) is 20.0 Å². The molecule has 0 unspecified atom stereocenters. The Morgan fingerprint density at radius 3 is 2.61 bits per heavy atom. The van der Waals surface area contributed by atoms with Crippen molar-refractivity contribution in [2.75, 3.05) is 23.4 Å². The molecule has 146 valence electrons. The molecule has 0 saturated heterocycles. The number of esters is 1. The average Bonchev–Trinajstić information content (AvgIpc) is 2.64. The van der Waals surface area contributed by atoms with Crippen LogP contribution in [0.4, 0.5) is 11.4 Å². The topological polar surface area (TPSA) is 84.9 Å². The fourth-order valence-corrected chi connectivity index (χ4v) is 2.83. The smallest absolute Gasteiger partial charge is 0.338 e. The molecule has 2 aromatic rings. The number of anilines is 2. The highest BCUT2D eigenvalue weighted by Gasteiger charge is 2.27. The van der Waals surface area contributed by atoms with Crippen LogP contribution in [0.5, 0.6) is 5.75 Å². The first-order valence-corrected chi connectivity index (χ1v) is 9.05. The Labute approximate surface area is 167 Å². The zero-order chi connectivity index (χ0) is 20.3. The van der Waals surface area contributed by atoms with E-state index in [-0.39, 0.29) is 25.2 Å². The molecule has 0 aromatic heterocycles. The molecule has 0 aliphatic carbocycles. The third-order valence-corrected chi connectivity index (χ3v) is 4.15. The monoisotopic (exact) mass is 402 g/mol. The molecule has 1 N–H and O–H groups in total. The van der Waals surface area contributed by atoms with Gasteiger partial charge in [-0.05, 0) is 56.3 Å². The molecule has 1 heterocycles. The molecule has 1 aliphatic heterocycles. The maximum absolute atomic E-state index is 12.4. The summed E-state index contributed by atoms with van der Waals surface area (Å²) < 4.78 is 10.5. The first-order valence-electron chi connectivity index (χ1n) is 8.67. The Morgan fingerprint density at radius 2 is 1.93 bits per heavy atom. The summed E-state index contributed by atoms with van der Waals surface area (Å²) in [6, 6.07) is 11.2. The van der Waals surface area contributed by atoms with Crippen molar-refractivity contribution < 1.29 is 23.9 Å². The molecule has 28 heavy (non-hydrogen) atoms. The Kier molecular flexibility index (Phi) is 5.84. The highest BCUT2D eigenvalue weighted by molar-refractivity contribution is 6.31. The summed E-state index contributed by atoms with van der Waals surface area (Å²) in [5.74, 6) is -0.666. The van der Waals surface area contributed by atoms with Gasteiger partial charge in [0.2, 0.25) is 5.91 Å². The van der Waals surface area contributed by atoms with E-state index in [0.717, 1.165) is 0 Å². The molecule has 0 atom stereocenters. The minimum Gasteiger partial charge on any atom is -0.482 e. The molecule has 0 spiro atoms. The van der Waals surface area contributed by atoms with E-state index in [9.17, 15) is 14.4 Å². The van der Waals surface area contributed by atoms with Crippen molar-refractivity contribution in [3.05, 3.63) is 53.1 Å². The Balaban J connectivity index is 1.67.